The predicted molar refractivity (Wildman–Crippen MR) is 302 cm³/mol. The largest absolute Gasteiger partial charge is 0.370 e. The summed E-state index contributed by atoms with van der Waals surface area (Å²) < 4.78 is 13.9. The first-order valence-electron chi connectivity index (χ1n) is 26.2. The van der Waals surface area contributed by atoms with E-state index in [4.69, 9.17) is 9.97 Å². The van der Waals surface area contributed by atoms with E-state index in [9.17, 15) is 4.39 Å². The lowest BCUT2D eigenvalue weighted by atomic mass is 9.99. The SMILES string of the molecule is C=C/C(=C\C(=C/C)c1ccc2[nH]nc(-c3nc4c(N5CCNCC5)cncc4[nH]3)c2c1)CN1CCC1.CC.Fc1cccc(-c2cncc3[nH]c(-c4n[nH]c5ccc(-c6cncc(N7CCCCC7)c6)cc45)nc23)c1. The van der Waals surface area contributed by atoms with Crippen LogP contribution in [-0.4, -0.2) is 119 Å². The summed E-state index contributed by atoms with van der Waals surface area (Å²) in [4.78, 5) is 37.3. The molecular weight excluding hydrogens is 938 g/mol. The average molecular weight is 1000 g/mol. The lowest BCUT2D eigenvalue weighted by Gasteiger charge is -2.31. The fourth-order valence-electron chi connectivity index (χ4n) is 10.2. The molecule has 3 aliphatic heterocycles. The van der Waals surface area contributed by atoms with Gasteiger partial charge in [-0.25, -0.2) is 14.4 Å². The molecule has 75 heavy (non-hydrogen) atoms. The Kier molecular flexibility index (Phi) is 14.4. The topological polar surface area (TPSA) is 175 Å². The van der Waals surface area contributed by atoms with Gasteiger partial charge in [0.15, 0.2) is 11.6 Å². The summed E-state index contributed by atoms with van der Waals surface area (Å²) in [6.07, 6.45) is 22.5. The number of nitrogens with zero attached hydrogens (tertiary/aromatic N) is 10. The van der Waals surface area contributed by atoms with Gasteiger partial charge in [0, 0.05) is 80.1 Å². The van der Waals surface area contributed by atoms with Gasteiger partial charge in [-0.05, 0) is 116 Å². The molecule has 15 nitrogen and oxygen atoms in total. The van der Waals surface area contributed by atoms with Crippen molar-refractivity contribution in [2.24, 2.45) is 0 Å². The van der Waals surface area contributed by atoms with Gasteiger partial charge in [0.05, 0.1) is 63.7 Å². The number of imidazole rings is 2. The van der Waals surface area contributed by atoms with Crippen LogP contribution >= 0.6 is 0 Å². The second kappa shape index (κ2) is 22.0. The molecule has 5 N–H and O–H groups in total. The lowest BCUT2D eigenvalue weighted by molar-refractivity contribution is 0.200. The van der Waals surface area contributed by atoms with Crippen LogP contribution in [0.15, 0.2) is 134 Å². The summed E-state index contributed by atoms with van der Waals surface area (Å²) >= 11 is 0. The quantitative estimate of drug-likeness (QED) is 0.0780. The molecule has 0 radical (unpaired) electrons. The van der Waals surface area contributed by atoms with Crippen molar-refractivity contribution in [2.45, 2.75) is 46.5 Å². The highest BCUT2D eigenvalue weighted by Gasteiger charge is 2.21. The zero-order chi connectivity index (χ0) is 51.3. The van der Waals surface area contributed by atoms with Crippen molar-refractivity contribution >= 4 is 60.8 Å². The van der Waals surface area contributed by atoms with Crippen LogP contribution in [0.25, 0.3) is 94.7 Å². The number of benzene rings is 3. The number of halogens is 1. The normalized spacial score (nSPS) is 15.5. The van der Waals surface area contributed by atoms with Gasteiger partial charge in [-0.15, -0.1) is 0 Å². The molecular formula is C59H62FN15. The van der Waals surface area contributed by atoms with Crippen LogP contribution in [0.3, 0.4) is 0 Å². The predicted octanol–water partition coefficient (Wildman–Crippen LogP) is 11.5. The summed E-state index contributed by atoms with van der Waals surface area (Å²) in [5.41, 5.74) is 16.2. The summed E-state index contributed by atoms with van der Waals surface area (Å²) in [7, 11) is 0. The highest BCUT2D eigenvalue weighted by atomic mass is 19.1. The maximum absolute atomic E-state index is 13.9. The monoisotopic (exact) mass is 1000 g/mol. The number of H-pyrrole nitrogens is 4. The van der Waals surface area contributed by atoms with Gasteiger partial charge in [-0.3, -0.25) is 30.0 Å². The maximum Gasteiger partial charge on any atom is 0.159 e. The van der Waals surface area contributed by atoms with Crippen LogP contribution < -0.4 is 15.1 Å². The van der Waals surface area contributed by atoms with E-state index in [1.807, 2.05) is 56.8 Å². The van der Waals surface area contributed by atoms with Crippen molar-refractivity contribution in [1.82, 2.24) is 65.5 Å². The van der Waals surface area contributed by atoms with Crippen molar-refractivity contribution < 1.29 is 4.39 Å². The molecule has 10 heterocycles. The number of piperazine rings is 1. The summed E-state index contributed by atoms with van der Waals surface area (Å²) in [6.45, 7) is 19.4. The van der Waals surface area contributed by atoms with E-state index < -0.39 is 0 Å². The first-order valence-corrected chi connectivity index (χ1v) is 26.2. The highest BCUT2D eigenvalue weighted by Crippen LogP contribution is 2.35. The molecule has 10 aromatic rings. The van der Waals surface area contributed by atoms with Gasteiger partial charge in [-0.2, -0.15) is 10.2 Å². The number of hydrogen-bond donors (Lipinski definition) is 5. The number of rotatable bonds is 11. The average Bonchev–Trinajstić information content (AvgIpc) is 4.28. The molecule has 13 rings (SSSR count). The first kappa shape index (κ1) is 48.9. The Morgan fingerprint density at radius 3 is 2.04 bits per heavy atom. The van der Waals surface area contributed by atoms with E-state index in [1.165, 1.54) is 67.7 Å². The number of likely N-dealkylation sites (tertiary alicyclic amines) is 1. The van der Waals surface area contributed by atoms with Crippen LogP contribution in [0.5, 0.6) is 0 Å². The number of nitrogens with one attached hydrogen (secondary N) is 5. The van der Waals surface area contributed by atoms with Crippen LogP contribution in [0, 0.1) is 5.82 Å². The van der Waals surface area contributed by atoms with E-state index in [0.717, 1.165) is 140 Å². The van der Waals surface area contributed by atoms with Crippen molar-refractivity contribution in [3.8, 4) is 45.3 Å². The number of hydrogen-bond acceptors (Lipinski definition) is 11. The minimum Gasteiger partial charge on any atom is -0.370 e. The molecule has 0 unspecified atom stereocenters. The smallest absolute Gasteiger partial charge is 0.159 e. The Balaban J connectivity index is 0.000000156. The standard InChI is InChI=1S/C29H24FN7.C28H32N8.C2H6/c30-21-6-4-5-19(11-21)24-16-32-17-26-27(24)34-29(33-26)28-23-13-18(7-8-25(23)35-36-28)20-12-22(15-31-14-20)37-9-2-1-3-10-37;1-3-19(18-35-10-5-11-35)14-20(4-2)21-6-7-23-22(15-21)26(34-33-23)28-31-24-16-30-17-25(27(24)32-28)36-12-8-29-9-13-36;1-2/h4-8,11-17H,1-3,9-10H2,(H,33,34)(H,35,36);3-4,6-7,14-17,29H,1,5,8-13,18H2,2H3,(H,31,32)(H,33,34);1-2H3/b;19-14+,20-4+;. The third kappa shape index (κ3) is 10.2. The number of fused-ring (bicyclic) bond motifs is 4. The van der Waals surface area contributed by atoms with Crippen molar-refractivity contribution in [2.75, 3.05) is 68.7 Å². The van der Waals surface area contributed by atoms with Crippen molar-refractivity contribution in [3.05, 3.63) is 146 Å². The summed E-state index contributed by atoms with van der Waals surface area (Å²) in [5, 5.41) is 20.9. The van der Waals surface area contributed by atoms with E-state index in [-0.39, 0.29) is 5.82 Å². The first-order chi connectivity index (χ1) is 37.0. The van der Waals surface area contributed by atoms with Gasteiger partial charge in [0.2, 0.25) is 0 Å². The summed E-state index contributed by atoms with van der Waals surface area (Å²) in [5.74, 6) is 1.08. The van der Waals surface area contributed by atoms with E-state index in [2.05, 4.69) is 127 Å². The Labute approximate surface area is 435 Å². The van der Waals surface area contributed by atoms with Crippen molar-refractivity contribution in [3.63, 3.8) is 0 Å². The number of pyridine rings is 3. The van der Waals surface area contributed by atoms with Gasteiger partial charge >= 0.3 is 0 Å². The van der Waals surface area contributed by atoms with Crippen molar-refractivity contribution in [1.29, 1.82) is 0 Å². The third-order valence-corrected chi connectivity index (χ3v) is 14.3. The molecule has 7 aromatic heterocycles. The molecule has 0 aliphatic carbocycles. The zero-order valence-electron chi connectivity index (χ0n) is 42.8. The zero-order valence-corrected chi connectivity index (χ0v) is 42.8. The second-order valence-corrected chi connectivity index (χ2v) is 19.0. The Bertz CT molecular complexity index is 3690. The fourth-order valence-corrected chi connectivity index (χ4v) is 10.2. The molecule has 0 atom stereocenters. The van der Waals surface area contributed by atoms with Gasteiger partial charge in [0.25, 0.3) is 0 Å². The molecule has 3 fully saturated rings. The number of piperidine rings is 1. The fraction of sp³-hybridized carbons (Fsp3) is 0.271. The Morgan fingerprint density at radius 2 is 1.33 bits per heavy atom. The minimum atomic E-state index is -0.296. The van der Waals surface area contributed by atoms with Crippen LogP contribution in [0.4, 0.5) is 15.8 Å². The van der Waals surface area contributed by atoms with Crippen LogP contribution in [-0.2, 0) is 0 Å². The molecule has 3 aliphatic rings. The number of aromatic nitrogens is 11. The molecule has 16 heteroatoms. The Hall–Kier alpha value is -8.34. The molecule has 3 saturated heterocycles. The van der Waals surface area contributed by atoms with Crippen LogP contribution in [0.2, 0.25) is 0 Å². The molecule has 0 amide bonds. The third-order valence-electron chi connectivity index (χ3n) is 14.3. The van der Waals surface area contributed by atoms with Gasteiger partial charge in [-0.1, -0.05) is 62.9 Å². The summed E-state index contributed by atoms with van der Waals surface area (Å²) in [6, 6.07) is 21.4. The molecule has 0 bridgehead atoms. The maximum atomic E-state index is 13.9. The van der Waals surface area contributed by atoms with E-state index in [1.54, 1.807) is 18.5 Å². The van der Waals surface area contributed by atoms with Gasteiger partial charge < -0.3 is 25.1 Å². The van der Waals surface area contributed by atoms with E-state index >= 15 is 0 Å². The molecule has 0 spiro atoms. The number of anilines is 2. The highest BCUT2D eigenvalue weighted by molar-refractivity contribution is 5.99. The van der Waals surface area contributed by atoms with Gasteiger partial charge in [0.1, 0.15) is 22.7 Å². The Morgan fingerprint density at radius 1 is 0.640 bits per heavy atom. The molecule has 3 aromatic carbocycles. The van der Waals surface area contributed by atoms with Crippen LogP contribution in [0.1, 0.15) is 52.0 Å². The molecule has 0 saturated carbocycles. The lowest BCUT2D eigenvalue weighted by Crippen LogP contribution is -2.43. The molecule has 380 valence electrons. The van der Waals surface area contributed by atoms with E-state index in [0.29, 0.717) is 5.82 Å². The minimum absolute atomic E-state index is 0.296. The second-order valence-electron chi connectivity index (χ2n) is 19.0. The number of aromatic amines is 4. The number of allylic oxidation sites excluding steroid dienone is 3.